The van der Waals surface area contributed by atoms with Crippen LogP contribution in [0.3, 0.4) is 0 Å². The van der Waals surface area contributed by atoms with Gasteiger partial charge in [0, 0.05) is 29.4 Å². The number of carbonyl (C=O) groups excluding carboxylic acids is 2. The van der Waals surface area contributed by atoms with Crippen molar-refractivity contribution in [2.75, 3.05) is 0 Å². The average molecular weight is 410 g/mol. The van der Waals surface area contributed by atoms with Crippen LogP contribution in [0.5, 0.6) is 0 Å². The summed E-state index contributed by atoms with van der Waals surface area (Å²) in [6.07, 6.45) is 3.50. The van der Waals surface area contributed by atoms with Crippen LogP contribution in [0.2, 0.25) is 0 Å². The number of nitrogens with zero attached hydrogens (tertiary/aromatic N) is 1. The Hall–Kier alpha value is -2.56. The molecule has 30 heavy (non-hydrogen) atoms. The predicted octanol–water partition coefficient (Wildman–Crippen LogP) is 4.53. The smallest absolute Gasteiger partial charge is 0.253 e. The summed E-state index contributed by atoms with van der Waals surface area (Å²) in [7, 11) is 0. The lowest BCUT2D eigenvalue weighted by atomic mass is 9.85. The van der Waals surface area contributed by atoms with Gasteiger partial charge in [-0.2, -0.15) is 0 Å². The first-order valence-electron chi connectivity index (χ1n) is 11.1. The highest BCUT2D eigenvalue weighted by molar-refractivity contribution is 5.96. The van der Waals surface area contributed by atoms with E-state index in [2.05, 4.69) is 41.2 Å². The van der Waals surface area contributed by atoms with E-state index < -0.39 is 0 Å². The third-order valence-corrected chi connectivity index (χ3v) is 6.21. The number of amides is 2. The van der Waals surface area contributed by atoms with Crippen molar-refractivity contribution in [3.05, 3.63) is 58.9 Å². The number of aryl methyl sites for hydroxylation is 1. The van der Waals surface area contributed by atoms with Crippen LogP contribution >= 0.6 is 0 Å². The summed E-state index contributed by atoms with van der Waals surface area (Å²) in [6.45, 7) is 10.2. The predicted molar refractivity (Wildman–Crippen MR) is 121 cm³/mol. The number of hydrogen-bond donors (Lipinski definition) is 2. The molecule has 3 rings (SSSR count). The third kappa shape index (κ3) is 4.94. The molecule has 1 aliphatic rings. The van der Waals surface area contributed by atoms with Crippen LogP contribution in [0.4, 0.5) is 0 Å². The molecule has 1 aromatic heterocycles. The summed E-state index contributed by atoms with van der Waals surface area (Å²) in [5.41, 5.74) is 4.00. The van der Waals surface area contributed by atoms with Gasteiger partial charge in [0.2, 0.25) is 5.91 Å². The first-order valence-corrected chi connectivity index (χ1v) is 11.1. The van der Waals surface area contributed by atoms with Gasteiger partial charge in [0.25, 0.3) is 5.91 Å². The Labute approximate surface area is 180 Å². The van der Waals surface area contributed by atoms with E-state index in [1.807, 2.05) is 45.0 Å². The van der Waals surface area contributed by atoms with Crippen molar-refractivity contribution in [1.82, 2.24) is 15.2 Å². The molecule has 0 aliphatic heterocycles. The standard InChI is InChI=1S/C25H35N3O2/c1-16(2)26-24(29)21-12-9-13-22(15-21)27-25(30)23-14-17(3)28(19(23)5)18(4)20-10-7-6-8-11-20/h6-8,10-11,14,16,18,21-22H,9,12-13,15H2,1-5H3,(H,26,29)(H,27,30). The molecule has 0 saturated heterocycles. The number of aromatic nitrogens is 1. The Balaban J connectivity index is 1.71. The van der Waals surface area contributed by atoms with Gasteiger partial charge in [-0.3, -0.25) is 9.59 Å². The second-order valence-corrected chi connectivity index (χ2v) is 8.94. The highest BCUT2D eigenvalue weighted by Crippen LogP contribution is 2.27. The van der Waals surface area contributed by atoms with Crippen LogP contribution in [0, 0.1) is 19.8 Å². The van der Waals surface area contributed by atoms with Crippen molar-refractivity contribution in [3.63, 3.8) is 0 Å². The normalized spacial score (nSPS) is 20.1. The maximum absolute atomic E-state index is 13.1. The molecule has 0 spiro atoms. The highest BCUT2D eigenvalue weighted by atomic mass is 16.2. The summed E-state index contributed by atoms with van der Waals surface area (Å²) in [5, 5.41) is 6.21. The number of hydrogen-bond acceptors (Lipinski definition) is 2. The topological polar surface area (TPSA) is 63.1 Å². The van der Waals surface area contributed by atoms with E-state index in [4.69, 9.17) is 0 Å². The summed E-state index contributed by atoms with van der Waals surface area (Å²) >= 11 is 0. The molecule has 1 saturated carbocycles. The summed E-state index contributed by atoms with van der Waals surface area (Å²) in [5.74, 6) is 0.0559. The molecule has 2 N–H and O–H groups in total. The van der Waals surface area contributed by atoms with Gasteiger partial charge >= 0.3 is 0 Å². The number of rotatable bonds is 6. The molecule has 2 aromatic rings. The van der Waals surface area contributed by atoms with Crippen LogP contribution in [0.25, 0.3) is 0 Å². The quantitative estimate of drug-likeness (QED) is 0.736. The second kappa shape index (κ2) is 9.50. The number of nitrogens with one attached hydrogen (secondary N) is 2. The number of carbonyl (C=O) groups is 2. The first-order chi connectivity index (χ1) is 14.3. The minimum Gasteiger partial charge on any atom is -0.354 e. The van der Waals surface area contributed by atoms with Crippen molar-refractivity contribution >= 4 is 11.8 Å². The molecule has 3 atom stereocenters. The molecule has 1 aromatic carbocycles. The van der Waals surface area contributed by atoms with Gasteiger partial charge in [-0.05, 0) is 65.5 Å². The molecule has 5 heteroatoms. The molecule has 3 unspecified atom stereocenters. The SMILES string of the molecule is Cc1cc(C(=O)NC2CCCC(C(=O)NC(C)C)C2)c(C)n1C(C)c1ccccc1. The van der Waals surface area contributed by atoms with Crippen LogP contribution in [-0.2, 0) is 4.79 Å². The summed E-state index contributed by atoms with van der Waals surface area (Å²) in [6, 6.07) is 12.7. The van der Waals surface area contributed by atoms with E-state index in [1.54, 1.807) is 0 Å². The van der Waals surface area contributed by atoms with E-state index in [0.29, 0.717) is 6.42 Å². The van der Waals surface area contributed by atoms with E-state index in [9.17, 15) is 9.59 Å². The maximum Gasteiger partial charge on any atom is 0.253 e. The van der Waals surface area contributed by atoms with Crippen LogP contribution < -0.4 is 10.6 Å². The average Bonchev–Trinajstić information content (AvgIpc) is 3.02. The maximum atomic E-state index is 13.1. The summed E-state index contributed by atoms with van der Waals surface area (Å²) in [4.78, 5) is 25.5. The van der Waals surface area contributed by atoms with Crippen molar-refractivity contribution in [1.29, 1.82) is 0 Å². The minimum absolute atomic E-state index is 0.0167. The Morgan fingerprint density at radius 1 is 1.07 bits per heavy atom. The minimum atomic E-state index is -0.0375. The fourth-order valence-corrected chi connectivity index (χ4v) is 4.71. The zero-order valence-corrected chi connectivity index (χ0v) is 18.9. The van der Waals surface area contributed by atoms with Crippen LogP contribution in [0.15, 0.2) is 36.4 Å². The zero-order chi connectivity index (χ0) is 21.8. The Kier molecular flexibility index (Phi) is 7.01. The van der Waals surface area contributed by atoms with Gasteiger partial charge in [0.05, 0.1) is 11.6 Å². The van der Waals surface area contributed by atoms with Crippen molar-refractivity contribution < 1.29 is 9.59 Å². The highest BCUT2D eigenvalue weighted by Gasteiger charge is 2.29. The fraction of sp³-hybridized carbons (Fsp3) is 0.520. The first kappa shape index (κ1) is 22.1. The Bertz CT molecular complexity index is 885. The van der Waals surface area contributed by atoms with E-state index in [1.165, 1.54) is 5.56 Å². The van der Waals surface area contributed by atoms with Gasteiger partial charge in [-0.1, -0.05) is 36.8 Å². The molecule has 5 nitrogen and oxygen atoms in total. The van der Waals surface area contributed by atoms with Crippen LogP contribution in [0.1, 0.15) is 79.8 Å². The van der Waals surface area contributed by atoms with Gasteiger partial charge < -0.3 is 15.2 Å². The molecule has 2 amide bonds. The van der Waals surface area contributed by atoms with Crippen molar-refractivity contribution in [3.8, 4) is 0 Å². The molecule has 1 fully saturated rings. The monoisotopic (exact) mass is 409 g/mol. The molecule has 0 radical (unpaired) electrons. The lowest BCUT2D eigenvalue weighted by Gasteiger charge is -2.29. The lowest BCUT2D eigenvalue weighted by Crippen LogP contribution is -2.43. The van der Waals surface area contributed by atoms with Crippen LogP contribution in [-0.4, -0.2) is 28.5 Å². The van der Waals surface area contributed by atoms with Crippen molar-refractivity contribution in [2.45, 2.75) is 78.4 Å². The number of benzene rings is 1. The molecular weight excluding hydrogens is 374 g/mol. The molecule has 1 heterocycles. The second-order valence-electron chi connectivity index (χ2n) is 8.94. The van der Waals surface area contributed by atoms with Gasteiger partial charge in [0.1, 0.15) is 0 Å². The Morgan fingerprint density at radius 3 is 2.43 bits per heavy atom. The van der Waals surface area contributed by atoms with Gasteiger partial charge in [-0.25, -0.2) is 0 Å². The molecule has 162 valence electrons. The van der Waals surface area contributed by atoms with E-state index in [0.717, 1.165) is 36.2 Å². The zero-order valence-electron chi connectivity index (χ0n) is 18.9. The summed E-state index contributed by atoms with van der Waals surface area (Å²) < 4.78 is 2.23. The largest absolute Gasteiger partial charge is 0.354 e. The fourth-order valence-electron chi connectivity index (χ4n) is 4.71. The molecular formula is C25H35N3O2. The molecule has 0 bridgehead atoms. The van der Waals surface area contributed by atoms with E-state index in [-0.39, 0.29) is 35.9 Å². The lowest BCUT2D eigenvalue weighted by molar-refractivity contribution is -0.126. The van der Waals surface area contributed by atoms with Gasteiger partial charge in [-0.15, -0.1) is 0 Å². The van der Waals surface area contributed by atoms with E-state index >= 15 is 0 Å². The Morgan fingerprint density at radius 2 is 1.77 bits per heavy atom. The molecule has 1 aliphatic carbocycles. The third-order valence-electron chi connectivity index (χ3n) is 6.21. The van der Waals surface area contributed by atoms with Gasteiger partial charge in [0.15, 0.2) is 0 Å². The van der Waals surface area contributed by atoms with Crippen molar-refractivity contribution in [2.24, 2.45) is 5.92 Å².